The molecule has 0 aromatic heterocycles. The van der Waals surface area contributed by atoms with Crippen molar-refractivity contribution < 1.29 is 9.90 Å². The van der Waals surface area contributed by atoms with Crippen molar-refractivity contribution in [1.82, 2.24) is 4.90 Å². The van der Waals surface area contributed by atoms with Gasteiger partial charge in [0.05, 0.1) is 12.7 Å². The fourth-order valence-corrected chi connectivity index (χ4v) is 2.29. The summed E-state index contributed by atoms with van der Waals surface area (Å²) in [6.07, 6.45) is 4.21. The first-order valence-corrected chi connectivity index (χ1v) is 6.48. The normalized spacial score (nSPS) is 16.1. The number of nitriles is 1. The fourth-order valence-electron chi connectivity index (χ4n) is 2.29. The van der Waals surface area contributed by atoms with Crippen molar-refractivity contribution in [2.45, 2.75) is 52.0 Å². The van der Waals surface area contributed by atoms with Gasteiger partial charge in [-0.05, 0) is 32.1 Å². The summed E-state index contributed by atoms with van der Waals surface area (Å²) in [6, 6.07) is 2.42. The molecule has 0 bridgehead atoms. The maximum absolute atomic E-state index is 12.5. The second-order valence-corrected chi connectivity index (χ2v) is 4.71. The number of carbonyl (C=O) groups excluding carboxylic acids is 1. The first kappa shape index (κ1) is 14.0. The van der Waals surface area contributed by atoms with E-state index in [4.69, 9.17) is 5.11 Å². The molecule has 4 heteroatoms. The van der Waals surface area contributed by atoms with E-state index in [1.807, 2.05) is 13.8 Å². The summed E-state index contributed by atoms with van der Waals surface area (Å²) in [4.78, 5) is 14.2. The zero-order valence-electron chi connectivity index (χ0n) is 10.8. The van der Waals surface area contributed by atoms with Crippen LogP contribution in [-0.2, 0) is 4.79 Å². The van der Waals surface area contributed by atoms with Gasteiger partial charge in [-0.15, -0.1) is 0 Å². The lowest BCUT2D eigenvalue weighted by Gasteiger charge is -2.41. The summed E-state index contributed by atoms with van der Waals surface area (Å²) in [5, 5.41) is 18.3. The van der Waals surface area contributed by atoms with Crippen LogP contribution in [0.15, 0.2) is 0 Å². The monoisotopic (exact) mass is 238 g/mol. The Balaban J connectivity index is 2.85. The highest BCUT2D eigenvalue weighted by Gasteiger charge is 2.41. The third-order valence-electron chi connectivity index (χ3n) is 3.95. The van der Waals surface area contributed by atoms with Crippen LogP contribution < -0.4 is 0 Å². The van der Waals surface area contributed by atoms with E-state index in [2.05, 4.69) is 6.07 Å². The van der Waals surface area contributed by atoms with Gasteiger partial charge in [-0.3, -0.25) is 4.79 Å². The van der Waals surface area contributed by atoms with E-state index in [0.717, 1.165) is 19.3 Å². The Kier molecular flexibility index (Phi) is 4.95. The van der Waals surface area contributed by atoms with Crippen molar-refractivity contribution in [3.8, 4) is 6.07 Å². The van der Waals surface area contributed by atoms with E-state index in [1.165, 1.54) is 0 Å². The topological polar surface area (TPSA) is 64.3 Å². The lowest BCUT2D eigenvalue weighted by molar-refractivity contribution is -0.144. The SMILES string of the molecule is CCC(C#N)(CC)C(=O)N(CCO)C1CCC1. The predicted octanol–water partition coefficient (Wildman–Crippen LogP) is 1.69. The Morgan fingerprint density at radius 1 is 1.47 bits per heavy atom. The van der Waals surface area contributed by atoms with Gasteiger partial charge in [0.15, 0.2) is 0 Å². The van der Waals surface area contributed by atoms with Gasteiger partial charge < -0.3 is 10.0 Å². The number of nitrogens with zero attached hydrogens (tertiary/aromatic N) is 2. The Morgan fingerprint density at radius 2 is 2.06 bits per heavy atom. The molecule has 1 N–H and O–H groups in total. The van der Waals surface area contributed by atoms with Gasteiger partial charge in [-0.25, -0.2) is 0 Å². The Labute approximate surface area is 103 Å². The summed E-state index contributed by atoms with van der Waals surface area (Å²) in [6.45, 7) is 4.08. The molecule has 0 aromatic rings. The molecule has 1 rings (SSSR count). The van der Waals surface area contributed by atoms with Crippen molar-refractivity contribution in [2.75, 3.05) is 13.2 Å². The average molecular weight is 238 g/mol. The predicted molar refractivity (Wildman–Crippen MR) is 65.1 cm³/mol. The molecule has 1 saturated carbocycles. The molecule has 96 valence electrons. The second-order valence-electron chi connectivity index (χ2n) is 4.71. The van der Waals surface area contributed by atoms with Crippen LogP contribution in [-0.4, -0.2) is 35.1 Å². The third-order valence-corrected chi connectivity index (χ3v) is 3.95. The highest BCUT2D eigenvalue weighted by atomic mass is 16.3. The Morgan fingerprint density at radius 3 is 2.35 bits per heavy atom. The molecule has 0 atom stereocenters. The van der Waals surface area contributed by atoms with Crippen molar-refractivity contribution >= 4 is 5.91 Å². The minimum atomic E-state index is -0.898. The van der Waals surface area contributed by atoms with E-state index < -0.39 is 5.41 Å². The van der Waals surface area contributed by atoms with Gasteiger partial charge in [0.25, 0.3) is 0 Å². The molecule has 0 saturated heterocycles. The van der Waals surface area contributed by atoms with Crippen LogP contribution in [0.1, 0.15) is 46.0 Å². The van der Waals surface area contributed by atoms with Crippen LogP contribution in [0.2, 0.25) is 0 Å². The van der Waals surface area contributed by atoms with Gasteiger partial charge in [0.2, 0.25) is 5.91 Å². The maximum atomic E-state index is 12.5. The van der Waals surface area contributed by atoms with Gasteiger partial charge in [-0.1, -0.05) is 13.8 Å². The smallest absolute Gasteiger partial charge is 0.243 e. The van der Waals surface area contributed by atoms with Crippen LogP contribution in [0, 0.1) is 16.7 Å². The largest absolute Gasteiger partial charge is 0.395 e. The number of rotatable bonds is 6. The molecule has 1 fully saturated rings. The maximum Gasteiger partial charge on any atom is 0.243 e. The van der Waals surface area contributed by atoms with Crippen molar-refractivity contribution in [3.63, 3.8) is 0 Å². The zero-order chi connectivity index (χ0) is 12.9. The number of hydrogen-bond acceptors (Lipinski definition) is 3. The van der Waals surface area contributed by atoms with Crippen LogP contribution in [0.5, 0.6) is 0 Å². The van der Waals surface area contributed by atoms with E-state index in [0.29, 0.717) is 19.4 Å². The van der Waals surface area contributed by atoms with Crippen molar-refractivity contribution in [1.29, 1.82) is 5.26 Å². The fraction of sp³-hybridized carbons (Fsp3) is 0.846. The Hall–Kier alpha value is -1.08. The number of aliphatic hydroxyl groups is 1. The first-order chi connectivity index (χ1) is 8.15. The van der Waals surface area contributed by atoms with Crippen LogP contribution in [0.3, 0.4) is 0 Å². The number of hydrogen-bond donors (Lipinski definition) is 1. The number of carbonyl (C=O) groups is 1. The molecule has 0 aromatic carbocycles. The summed E-state index contributed by atoms with van der Waals surface area (Å²) in [7, 11) is 0. The van der Waals surface area contributed by atoms with Crippen LogP contribution in [0.25, 0.3) is 0 Å². The summed E-state index contributed by atoms with van der Waals surface area (Å²) < 4.78 is 0. The minimum Gasteiger partial charge on any atom is -0.395 e. The summed E-state index contributed by atoms with van der Waals surface area (Å²) in [5.41, 5.74) is -0.898. The molecule has 1 aliphatic rings. The summed E-state index contributed by atoms with van der Waals surface area (Å²) in [5.74, 6) is -0.0937. The van der Waals surface area contributed by atoms with E-state index >= 15 is 0 Å². The lowest BCUT2D eigenvalue weighted by Crippen LogP contribution is -2.51. The molecule has 0 radical (unpaired) electrons. The van der Waals surface area contributed by atoms with Gasteiger partial charge >= 0.3 is 0 Å². The van der Waals surface area contributed by atoms with E-state index in [9.17, 15) is 10.1 Å². The van der Waals surface area contributed by atoms with E-state index in [1.54, 1.807) is 4.90 Å². The van der Waals surface area contributed by atoms with Gasteiger partial charge in [0, 0.05) is 12.6 Å². The second kappa shape index (κ2) is 6.02. The molecule has 4 nitrogen and oxygen atoms in total. The van der Waals surface area contributed by atoms with Gasteiger partial charge in [-0.2, -0.15) is 5.26 Å². The molecular weight excluding hydrogens is 216 g/mol. The molecular formula is C13H22N2O2. The lowest BCUT2D eigenvalue weighted by atomic mass is 9.80. The minimum absolute atomic E-state index is 0.0306. The molecule has 1 amide bonds. The van der Waals surface area contributed by atoms with Crippen LogP contribution in [0.4, 0.5) is 0 Å². The van der Waals surface area contributed by atoms with Crippen molar-refractivity contribution in [3.05, 3.63) is 0 Å². The quantitative estimate of drug-likeness (QED) is 0.766. The number of amides is 1. The standard InChI is InChI=1S/C13H22N2O2/c1-3-13(4-2,10-14)12(17)15(8-9-16)11-6-5-7-11/h11,16H,3-9H2,1-2H3. The first-order valence-electron chi connectivity index (χ1n) is 6.48. The summed E-state index contributed by atoms with van der Waals surface area (Å²) >= 11 is 0. The third kappa shape index (κ3) is 2.61. The number of aliphatic hydroxyl groups excluding tert-OH is 1. The molecule has 0 unspecified atom stereocenters. The van der Waals surface area contributed by atoms with Gasteiger partial charge in [0.1, 0.15) is 5.41 Å². The molecule has 0 aliphatic heterocycles. The zero-order valence-corrected chi connectivity index (χ0v) is 10.8. The van der Waals surface area contributed by atoms with E-state index in [-0.39, 0.29) is 18.6 Å². The van der Waals surface area contributed by atoms with Crippen molar-refractivity contribution in [2.24, 2.45) is 5.41 Å². The van der Waals surface area contributed by atoms with Crippen LogP contribution >= 0.6 is 0 Å². The molecule has 1 aliphatic carbocycles. The molecule has 0 heterocycles. The Bertz CT molecular complexity index is 301. The average Bonchev–Trinajstić information content (AvgIpc) is 2.29. The highest BCUT2D eigenvalue weighted by molar-refractivity contribution is 5.85. The molecule has 17 heavy (non-hydrogen) atoms. The highest BCUT2D eigenvalue weighted by Crippen LogP contribution is 2.33. The molecule has 0 spiro atoms.